The molecule has 3 nitrogen and oxygen atoms in total. The van der Waals surface area contributed by atoms with Crippen LogP contribution in [0.1, 0.15) is 18.9 Å². The zero-order valence-electron chi connectivity index (χ0n) is 10.1. The maximum absolute atomic E-state index is 11.5. The maximum Gasteiger partial charge on any atom is 0.234 e. The van der Waals surface area contributed by atoms with Crippen LogP contribution in [0.15, 0.2) is 30.3 Å². The third-order valence-electron chi connectivity index (χ3n) is 2.37. The lowest BCUT2D eigenvalue weighted by Gasteiger charge is -2.10. The van der Waals surface area contributed by atoms with Crippen molar-refractivity contribution in [3.63, 3.8) is 0 Å². The van der Waals surface area contributed by atoms with Gasteiger partial charge in [0.1, 0.15) is 0 Å². The van der Waals surface area contributed by atoms with Crippen molar-refractivity contribution in [2.24, 2.45) is 0 Å². The highest BCUT2D eigenvalue weighted by Gasteiger charge is 2.03. The summed E-state index contributed by atoms with van der Waals surface area (Å²) < 4.78 is 0. The second-order valence-electron chi connectivity index (χ2n) is 3.95. The summed E-state index contributed by atoms with van der Waals surface area (Å²) >= 11 is 0. The highest BCUT2D eigenvalue weighted by atomic mass is 16.1. The van der Waals surface area contributed by atoms with E-state index in [0.29, 0.717) is 19.5 Å². The molecule has 0 saturated heterocycles. The molecule has 1 rings (SSSR count). The molecule has 90 valence electrons. The second kappa shape index (κ2) is 7.48. The quantitative estimate of drug-likeness (QED) is 0.723. The van der Waals surface area contributed by atoms with Gasteiger partial charge in [-0.3, -0.25) is 4.79 Å². The van der Waals surface area contributed by atoms with Gasteiger partial charge in [-0.25, -0.2) is 0 Å². The van der Waals surface area contributed by atoms with Gasteiger partial charge in [-0.2, -0.15) is 0 Å². The average molecular weight is 230 g/mol. The van der Waals surface area contributed by atoms with Gasteiger partial charge in [0, 0.05) is 19.0 Å². The maximum atomic E-state index is 11.5. The molecule has 0 heterocycles. The Morgan fingerprint density at radius 1 is 1.41 bits per heavy atom. The number of hydrogen-bond donors (Lipinski definition) is 2. The van der Waals surface area contributed by atoms with Crippen LogP contribution in [0, 0.1) is 12.3 Å². The number of carbonyl (C=O) groups is 1. The van der Waals surface area contributed by atoms with Crippen LogP contribution in [0.2, 0.25) is 0 Å². The van der Waals surface area contributed by atoms with Crippen molar-refractivity contribution in [2.45, 2.75) is 25.9 Å². The normalized spacial score (nSPS) is 11.5. The Hall–Kier alpha value is -1.79. The Morgan fingerprint density at radius 3 is 2.76 bits per heavy atom. The second-order valence-corrected chi connectivity index (χ2v) is 3.95. The monoisotopic (exact) mass is 230 g/mol. The molecule has 0 aliphatic carbocycles. The SMILES string of the molecule is C#CCC(C)NCC(=O)NCc1ccccc1. The molecule has 0 aliphatic rings. The summed E-state index contributed by atoms with van der Waals surface area (Å²) in [7, 11) is 0. The minimum Gasteiger partial charge on any atom is -0.351 e. The van der Waals surface area contributed by atoms with E-state index in [1.54, 1.807) is 0 Å². The molecule has 1 atom stereocenters. The summed E-state index contributed by atoms with van der Waals surface area (Å²) in [5.41, 5.74) is 1.09. The highest BCUT2D eigenvalue weighted by Crippen LogP contribution is 1.96. The number of nitrogens with one attached hydrogen (secondary N) is 2. The first kappa shape index (κ1) is 13.3. The van der Waals surface area contributed by atoms with E-state index in [0.717, 1.165) is 5.56 Å². The van der Waals surface area contributed by atoms with Crippen molar-refractivity contribution < 1.29 is 4.79 Å². The smallest absolute Gasteiger partial charge is 0.234 e. The number of rotatable bonds is 6. The number of terminal acetylenes is 1. The number of amides is 1. The van der Waals surface area contributed by atoms with Crippen molar-refractivity contribution in [2.75, 3.05) is 6.54 Å². The molecule has 1 unspecified atom stereocenters. The molecule has 2 N–H and O–H groups in total. The largest absolute Gasteiger partial charge is 0.351 e. The third-order valence-corrected chi connectivity index (χ3v) is 2.37. The van der Waals surface area contributed by atoms with E-state index in [-0.39, 0.29) is 11.9 Å². The van der Waals surface area contributed by atoms with Gasteiger partial charge < -0.3 is 10.6 Å². The Balaban J connectivity index is 2.20. The van der Waals surface area contributed by atoms with Gasteiger partial charge in [0.05, 0.1) is 6.54 Å². The van der Waals surface area contributed by atoms with Crippen LogP contribution in [0.25, 0.3) is 0 Å². The van der Waals surface area contributed by atoms with Crippen LogP contribution in [0.4, 0.5) is 0 Å². The zero-order chi connectivity index (χ0) is 12.5. The molecule has 0 fully saturated rings. The van der Waals surface area contributed by atoms with E-state index >= 15 is 0 Å². The lowest BCUT2D eigenvalue weighted by atomic mass is 10.2. The summed E-state index contributed by atoms with van der Waals surface area (Å²) in [4.78, 5) is 11.5. The van der Waals surface area contributed by atoms with Crippen molar-refractivity contribution in [3.8, 4) is 12.3 Å². The predicted molar refractivity (Wildman–Crippen MR) is 69.2 cm³/mol. The minimum absolute atomic E-state index is 0.0160. The van der Waals surface area contributed by atoms with E-state index < -0.39 is 0 Å². The molecular formula is C14H18N2O. The van der Waals surface area contributed by atoms with E-state index in [4.69, 9.17) is 6.42 Å². The Bertz CT molecular complexity index is 381. The lowest BCUT2D eigenvalue weighted by Crippen LogP contribution is -2.37. The van der Waals surface area contributed by atoms with E-state index in [1.165, 1.54) is 0 Å². The first-order valence-corrected chi connectivity index (χ1v) is 5.70. The van der Waals surface area contributed by atoms with Gasteiger partial charge in [-0.05, 0) is 12.5 Å². The van der Waals surface area contributed by atoms with Crippen LogP contribution < -0.4 is 10.6 Å². The van der Waals surface area contributed by atoms with Gasteiger partial charge in [0.2, 0.25) is 5.91 Å². The molecule has 1 amide bonds. The van der Waals surface area contributed by atoms with Gasteiger partial charge in [-0.15, -0.1) is 12.3 Å². The Labute approximate surface area is 103 Å². The Morgan fingerprint density at radius 2 is 2.12 bits per heavy atom. The van der Waals surface area contributed by atoms with Crippen LogP contribution >= 0.6 is 0 Å². The molecule has 0 radical (unpaired) electrons. The summed E-state index contributed by atoms with van der Waals surface area (Å²) in [6, 6.07) is 9.99. The molecule has 0 aliphatic heterocycles. The number of hydrogen-bond acceptors (Lipinski definition) is 2. The van der Waals surface area contributed by atoms with E-state index in [9.17, 15) is 4.79 Å². The molecule has 0 aromatic heterocycles. The van der Waals surface area contributed by atoms with Crippen molar-refractivity contribution in [3.05, 3.63) is 35.9 Å². The molecule has 0 saturated carbocycles. The molecule has 3 heteroatoms. The fourth-order valence-corrected chi connectivity index (χ4v) is 1.37. The fraction of sp³-hybridized carbons (Fsp3) is 0.357. The predicted octanol–water partition coefficient (Wildman–Crippen LogP) is 1.30. The summed E-state index contributed by atoms with van der Waals surface area (Å²) in [6.07, 6.45) is 5.81. The van der Waals surface area contributed by atoms with Gasteiger partial charge in [0.15, 0.2) is 0 Å². The van der Waals surface area contributed by atoms with E-state index in [2.05, 4.69) is 16.6 Å². The molecule has 17 heavy (non-hydrogen) atoms. The Kier molecular flexibility index (Phi) is 5.84. The molecule has 1 aromatic rings. The van der Waals surface area contributed by atoms with Crippen molar-refractivity contribution in [1.29, 1.82) is 0 Å². The first-order valence-electron chi connectivity index (χ1n) is 5.70. The lowest BCUT2D eigenvalue weighted by molar-refractivity contribution is -0.120. The van der Waals surface area contributed by atoms with Crippen LogP contribution in [0.3, 0.4) is 0 Å². The van der Waals surface area contributed by atoms with Crippen LogP contribution in [0.5, 0.6) is 0 Å². The number of benzene rings is 1. The highest BCUT2D eigenvalue weighted by molar-refractivity contribution is 5.78. The molecule has 0 bridgehead atoms. The molecule has 0 spiro atoms. The fourth-order valence-electron chi connectivity index (χ4n) is 1.37. The van der Waals surface area contributed by atoms with Gasteiger partial charge in [0.25, 0.3) is 0 Å². The summed E-state index contributed by atoms with van der Waals surface area (Å²) in [6.45, 7) is 2.82. The summed E-state index contributed by atoms with van der Waals surface area (Å²) in [5.74, 6) is 2.54. The van der Waals surface area contributed by atoms with Gasteiger partial charge in [-0.1, -0.05) is 30.3 Å². The third kappa shape index (κ3) is 5.74. The summed E-state index contributed by atoms with van der Waals surface area (Å²) in [5, 5.41) is 5.91. The van der Waals surface area contributed by atoms with E-state index in [1.807, 2.05) is 37.3 Å². The molecular weight excluding hydrogens is 212 g/mol. The van der Waals surface area contributed by atoms with Crippen molar-refractivity contribution >= 4 is 5.91 Å². The topological polar surface area (TPSA) is 41.1 Å². The zero-order valence-corrected chi connectivity index (χ0v) is 10.1. The van der Waals surface area contributed by atoms with Crippen LogP contribution in [-0.4, -0.2) is 18.5 Å². The van der Waals surface area contributed by atoms with Gasteiger partial charge >= 0.3 is 0 Å². The number of carbonyl (C=O) groups excluding carboxylic acids is 1. The molecule has 1 aromatic carbocycles. The average Bonchev–Trinajstić information content (AvgIpc) is 2.35. The minimum atomic E-state index is -0.0160. The van der Waals surface area contributed by atoms with Crippen LogP contribution in [-0.2, 0) is 11.3 Å². The first-order chi connectivity index (χ1) is 8.22. The standard InChI is InChI=1S/C14H18N2O/c1-3-7-12(2)15-11-14(17)16-10-13-8-5-4-6-9-13/h1,4-6,8-9,12,15H,7,10-11H2,2H3,(H,16,17). The van der Waals surface area contributed by atoms with Crippen molar-refractivity contribution in [1.82, 2.24) is 10.6 Å².